The van der Waals surface area contributed by atoms with Gasteiger partial charge in [0.1, 0.15) is 10.7 Å². The maximum atomic E-state index is 13.6. The number of halogens is 1. The Morgan fingerprint density at radius 2 is 2.00 bits per heavy atom. The van der Waals surface area contributed by atoms with Crippen LogP contribution in [-0.4, -0.2) is 43.2 Å². The average molecular weight is 365 g/mol. The Kier molecular flexibility index (Phi) is 6.22. The minimum absolute atomic E-state index is 0.0182. The maximum Gasteiger partial charge on any atom is 0.244 e. The van der Waals surface area contributed by atoms with Crippen molar-refractivity contribution >= 4 is 15.9 Å². The number of amides is 1. The van der Waals surface area contributed by atoms with E-state index in [0.717, 1.165) is 4.31 Å². The van der Waals surface area contributed by atoms with E-state index in [2.05, 4.69) is 10.3 Å². The van der Waals surface area contributed by atoms with Gasteiger partial charge in [-0.3, -0.25) is 9.78 Å². The van der Waals surface area contributed by atoms with Gasteiger partial charge in [-0.05, 0) is 37.1 Å². The standard InChI is InChI=1S/C17H20FN3O3S/c1-13(10-14-6-3-4-8-16(14)18)20-17(22)12-21(2)25(23,24)15-7-5-9-19-11-15/h3-9,11,13H,10,12H2,1-2H3,(H,20,22). The van der Waals surface area contributed by atoms with E-state index in [4.69, 9.17) is 0 Å². The molecule has 0 aliphatic carbocycles. The fraction of sp³-hybridized carbons (Fsp3) is 0.294. The molecule has 134 valence electrons. The molecule has 0 bridgehead atoms. The first kappa shape index (κ1) is 19.0. The summed E-state index contributed by atoms with van der Waals surface area (Å²) in [5.74, 6) is -0.793. The molecule has 1 heterocycles. The number of hydrogen-bond acceptors (Lipinski definition) is 4. The highest BCUT2D eigenvalue weighted by Gasteiger charge is 2.23. The van der Waals surface area contributed by atoms with Crippen molar-refractivity contribution in [3.05, 3.63) is 60.2 Å². The lowest BCUT2D eigenvalue weighted by Crippen LogP contribution is -2.42. The molecule has 6 nitrogen and oxygen atoms in total. The largest absolute Gasteiger partial charge is 0.352 e. The third-order valence-electron chi connectivity index (χ3n) is 3.60. The molecular formula is C17H20FN3O3S. The maximum absolute atomic E-state index is 13.6. The Morgan fingerprint density at radius 1 is 1.28 bits per heavy atom. The molecule has 0 aliphatic heterocycles. The van der Waals surface area contributed by atoms with Gasteiger partial charge in [0.25, 0.3) is 0 Å². The highest BCUT2D eigenvalue weighted by molar-refractivity contribution is 7.89. The number of carbonyl (C=O) groups excluding carboxylic acids is 1. The summed E-state index contributed by atoms with van der Waals surface area (Å²) < 4.78 is 39.3. The monoisotopic (exact) mass is 365 g/mol. The number of aromatic nitrogens is 1. The Balaban J connectivity index is 1.94. The molecule has 8 heteroatoms. The second-order valence-corrected chi connectivity index (χ2v) is 7.76. The molecule has 0 fully saturated rings. The predicted octanol–water partition coefficient (Wildman–Crippen LogP) is 1.59. The number of nitrogens with zero attached hydrogens (tertiary/aromatic N) is 2. The van der Waals surface area contributed by atoms with Gasteiger partial charge in [0.05, 0.1) is 6.54 Å². The van der Waals surface area contributed by atoms with Crippen LogP contribution >= 0.6 is 0 Å². The van der Waals surface area contributed by atoms with Gasteiger partial charge in [0, 0.05) is 25.5 Å². The predicted molar refractivity (Wildman–Crippen MR) is 91.8 cm³/mol. The zero-order valence-electron chi connectivity index (χ0n) is 14.0. The number of sulfonamides is 1. The molecule has 1 atom stereocenters. The molecule has 1 aromatic heterocycles. The molecule has 2 rings (SSSR count). The normalized spacial score (nSPS) is 12.8. The number of rotatable bonds is 7. The van der Waals surface area contributed by atoms with Crippen molar-refractivity contribution in [3.63, 3.8) is 0 Å². The van der Waals surface area contributed by atoms with E-state index in [0.29, 0.717) is 12.0 Å². The van der Waals surface area contributed by atoms with E-state index in [1.165, 1.54) is 37.6 Å². The Morgan fingerprint density at radius 3 is 2.64 bits per heavy atom. The van der Waals surface area contributed by atoms with Gasteiger partial charge >= 0.3 is 0 Å². The molecule has 2 aromatic rings. The van der Waals surface area contributed by atoms with Crippen LogP contribution in [0.1, 0.15) is 12.5 Å². The summed E-state index contributed by atoms with van der Waals surface area (Å²) in [6.45, 7) is 1.40. The zero-order valence-corrected chi connectivity index (χ0v) is 14.8. The summed E-state index contributed by atoms with van der Waals surface area (Å²) >= 11 is 0. The highest BCUT2D eigenvalue weighted by atomic mass is 32.2. The zero-order chi connectivity index (χ0) is 18.4. The number of benzene rings is 1. The van der Waals surface area contributed by atoms with Crippen molar-refractivity contribution < 1.29 is 17.6 Å². The van der Waals surface area contributed by atoms with Gasteiger partial charge in [-0.15, -0.1) is 0 Å². The lowest BCUT2D eigenvalue weighted by atomic mass is 10.1. The van der Waals surface area contributed by atoms with Gasteiger partial charge in [-0.2, -0.15) is 4.31 Å². The molecule has 0 radical (unpaired) electrons. The average Bonchev–Trinajstić information content (AvgIpc) is 2.57. The smallest absolute Gasteiger partial charge is 0.244 e. The van der Waals surface area contributed by atoms with Crippen molar-refractivity contribution in [1.29, 1.82) is 0 Å². The Hall–Kier alpha value is -2.32. The molecule has 0 saturated heterocycles. The number of carbonyl (C=O) groups is 1. The van der Waals surface area contributed by atoms with Crippen LogP contribution in [0.4, 0.5) is 4.39 Å². The lowest BCUT2D eigenvalue weighted by Gasteiger charge is -2.19. The van der Waals surface area contributed by atoms with Crippen molar-refractivity contribution in [2.45, 2.75) is 24.3 Å². The fourth-order valence-electron chi connectivity index (χ4n) is 2.33. The van der Waals surface area contributed by atoms with Gasteiger partial charge < -0.3 is 5.32 Å². The van der Waals surface area contributed by atoms with Gasteiger partial charge in [-0.25, -0.2) is 12.8 Å². The van der Waals surface area contributed by atoms with Crippen molar-refractivity contribution in [3.8, 4) is 0 Å². The third-order valence-corrected chi connectivity index (χ3v) is 5.39. The minimum Gasteiger partial charge on any atom is -0.352 e. The van der Waals surface area contributed by atoms with E-state index >= 15 is 0 Å². The molecular weight excluding hydrogens is 345 g/mol. The minimum atomic E-state index is -3.79. The number of nitrogens with one attached hydrogen (secondary N) is 1. The first-order valence-corrected chi connectivity index (χ1v) is 9.14. The van der Waals surface area contributed by atoms with Crippen molar-refractivity contribution in [2.75, 3.05) is 13.6 Å². The van der Waals surface area contributed by atoms with E-state index in [1.54, 1.807) is 25.1 Å². The molecule has 1 N–H and O–H groups in total. The quantitative estimate of drug-likeness (QED) is 0.808. The molecule has 1 unspecified atom stereocenters. The van der Waals surface area contributed by atoms with Crippen LogP contribution in [-0.2, 0) is 21.2 Å². The highest BCUT2D eigenvalue weighted by Crippen LogP contribution is 2.12. The van der Waals surface area contributed by atoms with Crippen LogP contribution in [0.3, 0.4) is 0 Å². The summed E-state index contributed by atoms with van der Waals surface area (Å²) in [4.78, 5) is 15.9. The molecule has 0 spiro atoms. The van der Waals surface area contributed by atoms with Crippen LogP contribution in [0.5, 0.6) is 0 Å². The van der Waals surface area contributed by atoms with Crippen LogP contribution in [0.2, 0.25) is 0 Å². The third kappa shape index (κ3) is 5.07. The number of likely N-dealkylation sites (N-methyl/N-ethyl adjacent to an activating group) is 1. The molecule has 1 amide bonds. The summed E-state index contributed by atoms with van der Waals surface area (Å²) in [6.07, 6.45) is 3.01. The summed E-state index contributed by atoms with van der Waals surface area (Å²) in [5, 5.41) is 2.68. The van der Waals surface area contributed by atoms with Gasteiger partial charge in [0.15, 0.2) is 0 Å². The summed E-state index contributed by atoms with van der Waals surface area (Å²) in [6, 6.07) is 8.92. The Labute approximate surface area is 146 Å². The first-order valence-electron chi connectivity index (χ1n) is 7.70. The first-order chi connectivity index (χ1) is 11.8. The summed E-state index contributed by atoms with van der Waals surface area (Å²) in [5.41, 5.74) is 0.492. The molecule has 0 aliphatic rings. The van der Waals surface area contributed by atoms with E-state index < -0.39 is 15.9 Å². The fourth-order valence-corrected chi connectivity index (χ4v) is 3.42. The Bertz CT molecular complexity index is 828. The number of hydrogen-bond donors (Lipinski definition) is 1. The summed E-state index contributed by atoms with van der Waals surface area (Å²) in [7, 11) is -2.46. The molecule has 0 saturated carbocycles. The topological polar surface area (TPSA) is 79.4 Å². The SMILES string of the molecule is CC(Cc1ccccc1F)NC(=O)CN(C)S(=O)(=O)c1cccnc1. The number of pyridine rings is 1. The van der Waals surface area contributed by atoms with Gasteiger partial charge in [-0.1, -0.05) is 18.2 Å². The second kappa shape index (κ2) is 8.17. The van der Waals surface area contributed by atoms with Crippen LogP contribution in [0.15, 0.2) is 53.7 Å². The van der Waals surface area contributed by atoms with Crippen molar-refractivity contribution in [2.24, 2.45) is 0 Å². The van der Waals surface area contributed by atoms with Crippen LogP contribution in [0.25, 0.3) is 0 Å². The van der Waals surface area contributed by atoms with Crippen molar-refractivity contribution in [1.82, 2.24) is 14.6 Å². The van der Waals surface area contributed by atoms with E-state index in [9.17, 15) is 17.6 Å². The lowest BCUT2D eigenvalue weighted by molar-refractivity contribution is -0.121. The van der Waals surface area contributed by atoms with Crippen LogP contribution in [0, 0.1) is 5.82 Å². The van der Waals surface area contributed by atoms with E-state index in [1.807, 2.05) is 0 Å². The molecule has 25 heavy (non-hydrogen) atoms. The second-order valence-electron chi connectivity index (χ2n) is 5.71. The van der Waals surface area contributed by atoms with Crippen LogP contribution < -0.4 is 5.32 Å². The van der Waals surface area contributed by atoms with Gasteiger partial charge in [0.2, 0.25) is 15.9 Å². The van der Waals surface area contributed by atoms with E-state index in [-0.39, 0.29) is 23.3 Å². The molecule has 1 aromatic carbocycles.